The molecular weight excluding hydrogens is 150 g/mol. The van der Waals surface area contributed by atoms with Gasteiger partial charge < -0.3 is 10.0 Å². The second-order valence-electron chi connectivity index (χ2n) is 4.17. The Labute approximate surface area is 75.6 Å². The first-order chi connectivity index (χ1) is 5.74. The summed E-state index contributed by atoms with van der Waals surface area (Å²) in [6.07, 6.45) is 2.68. The Morgan fingerprint density at radius 1 is 1.50 bits per heavy atom. The lowest BCUT2D eigenvalue weighted by molar-refractivity contribution is 0.120. The predicted octanol–water partition coefficient (Wildman–Crippen LogP) is 1.35. The van der Waals surface area contributed by atoms with Gasteiger partial charge in [0.05, 0.1) is 6.61 Å². The SMILES string of the molecule is CC(C)[C@@H]1CCCN(CCO)C1. The predicted molar refractivity (Wildman–Crippen MR) is 51.1 cm³/mol. The van der Waals surface area contributed by atoms with Crippen molar-refractivity contribution in [1.82, 2.24) is 4.90 Å². The van der Waals surface area contributed by atoms with Gasteiger partial charge in [0, 0.05) is 13.1 Å². The first kappa shape index (κ1) is 10.0. The summed E-state index contributed by atoms with van der Waals surface area (Å²) in [4.78, 5) is 2.38. The summed E-state index contributed by atoms with van der Waals surface area (Å²) in [6.45, 7) is 8.15. The average Bonchev–Trinajstić information content (AvgIpc) is 2.05. The highest BCUT2D eigenvalue weighted by atomic mass is 16.3. The molecule has 0 bridgehead atoms. The Hall–Kier alpha value is -0.0800. The van der Waals surface area contributed by atoms with Crippen LogP contribution in [0.4, 0.5) is 0 Å². The van der Waals surface area contributed by atoms with Crippen LogP contribution >= 0.6 is 0 Å². The van der Waals surface area contributed by atoms with E-state index in [2.05, 4.69) is 18.7 Å². The molecule has 0 aromatic carbocycles. The first-order valence-corrected chi connectivity index (χ1v) is 5.07. The molecule has 1 aliphatic heterocycles. The summed E-state index contributed by atoms with van der Waals surface area (Å²) >= 11 is 0. The molecule has 1 aliphatic rings. The fourth-order valence-electron chi connectivity index (χ4n) is 1.98. The molecule has 0 spiro atoms. The molecule has 0 radical (unpaired) electrons. The largest absolute Gasteiger partial charge is 0.395 e. The third-order valence-corrected chi connectivity index (χ3v) is 2.90. The van der Waals surface area contributed by atoms with Crippen LogP contribution in [0.15, 0.2) is 0 Å². The molecule has 0 aromatic heterocycles. The Morgan fingerprint density at radius 3 is 2.83 bits per heavy atom. The minimum Gasteiger partial charge on any atom is -0.395 e. The zero-order chi connectivity index (χ0) is 8.97. The number of nitrogens with zero attached hydrogens (tertiary/aromatic N) is 1. The molecule has 1 saturated heterocycles. The van der Waals surface area contributed by atoms with Crippen molar-refractivity contribution in [1.29, 1.82) is 0 Å². The highest BCUT2D eigenvalue weighted by molar-refractivity contribution is 4.74. The first-order valence-electron chi connectivity index (χ1n) is 5.07. The van der Waals surface area contributed by atoms with Crippen LogP contribution in [0.3, 0.4) is 0 Å². The van der Waals surface area contributed by atoms with Crippen molar-refractivity contribution in [3.05, 3.63) is 0 Å². The van der Waals surface area contributed by atoms with E-state index in [4.69, 9.17) is 5.11 Å². The van der Waals surface area contributed by atoms with Crippen molar-refractivity contribution in [2.45, 2.75) is 26.7 Å². The monoisotopic (exact) mass is 171 g/mol. The topological polar surface area (TPSA) is 23.5 Å². The van der Waals surface area contributed by atoms with Gasteiger partial charge in [-0.15, -0.1) is 0 Å². The molecule has 1 heterocycles. The van der Waals surface area contributed by atoms with Gasteiger partial charge in [-0.25, -0.2) is 0 Å². The van der Waals surface area contributed by atoms with Gasteiger partial charge in [0.2, 0.25) is 0 Å². The van der Waals surface area contributed by atoms with Gasteiger partial charge in [0.1, 0.15) is 0 Å². The van der Waals surface area contributed by atoms with E-state index in [9.17, 15) is 0 Å². The molecule has 72 valence electrons. The normalized spacial score (nSPS) is 26.5. The van der Waals surface area contributed by atoms with E-state index in [1.165, 1.54) is 25.9 Å². The molecule has 0 amide bonds. The summed E-state index contributed by atoms with van der Waals surface area (Å²) in [7, 11) is 0. The number of aliphatic hydroxyl groups excluding tert-OH is 1. The van der Waals surface area contributed by atoms with E-state index in [0.717, 1.165) is 18.4 Å². The van der Waals surface area contributed by atoms with E-state index in [1.54, 1.807) is 0 Å². The van der Waals surface area contributed by atoms with Crippen LogP contribution in [-0.2, 0) is 0 Å². The van der Waals surface area contributed by atoms with Crippen molar-refractivity contribution in [2.75, 3.05) is 26.2 Å². The van der Waals surface area contributed by atoms with E-state index in [-0.39, 0.29) is 0 Å². The standard InChI is InChI=1S/C10H21NO/c1-9(2)10-4-3-5-11(8-10)6-7-12/h9-10,12H,3-8H2,1-2H3/t10-/m1/s1. The number of hydrogen-bond donors (Lipinski definition) is 1. The molecule has 2 heteroatoms. The molecular formula is C10H21NO. The summed E-state index contributed by atoms with van der Waals surface area (Å²) in [5, 5.41) is 8.80. The lowest BCUT2D eigenvalue weighted by atomic mass is 9.88. The van der Waals surface area contributed by atoms with Crippen LogP contribution in [0.25, 0.3) is 0 Å². The molecule has 2 nitrogen and oxygen atoms in total. The fourth-order valence-corrected chi connectivity index (χ4v) is 1.98. The maximum atomic E-state index is 8.80. The van der Waals surface area contributed by atoms with E-state index < -0.39 is 0 Å². The smallest absolute Gasteiger partial charge is 0.0558 e. The second kappa shape index (κ2) is 4.83. The van der Waals surface area contributed by atoms with Crippen LogP contribution in [-0.4, -0.2) is 36.2 Å². The minimum atomic E-state index is 0.310. The molecule has 1 fully saturated rings. The van der Waals surface area contributed by atoms with Crippen molar-refractivity contribution >= 4 is 0 Å². The fraction of sp³-hybridized carbons (Fsp3) is 1.00. The third kappa shape index (κ3) is 2.76. The van der Waals surface area contributed by atoms with Crippen molar-refractivity contribution in [2.24, 2.45) is 11.8 Å². The zero-order valence-corrected chi connectivity index (χ0v) is 8.29. The summed E-state index contributed by atoms with van der Waals surface area (Å²) in [5.74, 6) is 1.65. The molecule has 1 atom stereocenters. The van der Waals surface area contributed by atoms with Gasteiger partial charge in [-0.3, -0.25) is 0 Å². The highest BCUT2D eigenvalue weighted by Crippen LogP contribution is 2.22. The Bertz CT molecular complexity index is 123. The Balaban J connectivity index is 2.30. The lowest BCUT2D eigenvalue weighted by Crippen LogP contribution is -2.38. The quantitative estimate of drug-likeness (QED) is 0.693. The molecule has 12 heavy (non-hydrogen) atoms. The molecule has 1 rings (SSSR count). The summed E-state index contributed by atoms with van der Waals surface area (Å²) < 4.78 is 0. The molecule has 0 aromatic rings. The molecule has 0 saturated carbocycles. The van der Waals surface area contributed by atoms with Gasteiger partial charge in [0.15, 0.2) is 0 Å². The number of hydrogen-bond acceptors (Lipinski definition) is 2. The van der Waals surface area contributed by atoms with Crippen molar-refractivity contribution in [3.63, 3.8) is 0 Å². The van der Waals surface area contributed by atoms with Gasteiger partial charge in [0.25, 0.3) is 0 Å². The summed E-state index contributed by atoms with van der Waals surface area (Å²) in [6, 6.07) is 0. The average molecular weight is 171 g/mol. The van der Waals surface area contributed by atoms with Crippen molar-refractivity contribution < 1.29 is 5.11 Å². The second-order valence-corrected chi connectivity index (χ2v) is 4.17. The number of aliphatic hydroxyl groups is 1. The van der Waals surface area contributed by atoms with Gasteiger partial charge in [-0.1, -0.05) is 13.8 Å². The van der Waals surface area contributed by atoms with E-state index >= 15 is 0 Å². The maximum absolute atomic E-state index is 8.80. The van der Waals surface area contributed by atoms with E-state index in [1.807, 2.05) is 0 Å². The van der Waals surface area contributed by atoms with Crippen LogP contribution in [0, 0.1) is 11.8 Å². The number of β-amino-alcohol motifs (C(OH)–C–C–N with tert-alkyl or cyclic N) is 1. The lowest BCUT2D eigenvalue weighted by Gasteiger charge is -2.34. The third-order valence-electron chi connectivity index (χ3n) is 2.90. The van der Waals surface area contributed by atoms with Gasteiger partial charge >= 0.3 is 0 Å². The van der Waals surface area contributed by atoms with Crippen LogP contribution in [0.5, 0.6) is 0 Å². The molecule has 0 aliphatic carbocycles. The van der Waals surface area contributed by atoms with Crippen molar-refractivity contribution in [3.8, 4) is 0 Å². The molecule has 0 unspecified atom stereocenters. The van der Waals surface area contributed by atoms with Gasteiger partial charge in [-0.2, -0.15) is 0 Å². The zero-order valence-electron chi connectivity index (χ0n) is 8.29. The number of piperidine rings is 1. The van der Waals surface area contributed by atoms with Crippen LogP contribution in [0.2, 0.25) is 0 Å². The Kier molecular flexibility index (Phi) is 4.02. The van der Waals surface area contributed by atoms with Crippen LogP contribution in [0.1, 0.15) is 26.7 Å². The Morgan fingerprint density at radius 2 is 2.25 bits per heavy atom. The summed E-state index contributed by atoms with van der Waals surface area (Å²) in [5.41, 5.74) is 0. The van der Waals surface area contributed by atoms with Crippen LogP contribution < -0.4 is 0 Å². The maximum Gasteiger partial charge on any atom is 0.0558 e. The van der Waals surface area contributed by atoms with Gasteiger partial charge in [-0.05, 0) is 31.2 Å². The number of likely N-dealkylation sites (tertiary alicyclic amines) is 1. The highest BCUT2D eigenvalue weighted by Gasteiger charge is 2.21. The van der Waals surface area contributed by atoms with E-state index in [0.29, 0.717) is 6.61 Å². The number of rotatable bonds is 3. The minimum absolute atomic E-state index is 0.310. The molecule has 1 N–H and O–H groups in total.